The average Bonchev–Trinajstić information content (AvgIpc) is 3.78. The van der Waals surface area contributed by atoms with Gasteiger partial charge in [-0.05, 0) is 68.8 Å². The molecule has 2 aliphatic rings. The minimum atomic E-state index is -0.0721. The van der Waals surface area contributed by atoms with Crippen molar-refractivity contribution in [1.82, 2.24) is 4.40 Å². The van der Waals surface area contributed by atoms with Gasteiger partial charge in [0.15, 0.2) is 0 Å². The second-order valence-corrected chi connectivity index (χ2v) is 14.1. The SMILES string of the molecule is CC1(C)c2ccccc2-c2c1ccc1c2c2cc3c4ccccc4oc3c3c4c5c(ccc4n1c23)C(C)(C)c1ccccc1-5. The Labute approximate surface area is 254 Å². The zero-order valence-electron chi connectivity index (χ0n) is 25.2. The summed E-state index contributed by atoms with van der Waals surface area (Å²) in [6.07, 6.45) is 0. The first-order valence-electron chi connectivity index (χ1n) is 15.7. The Morgan fingerprint density at radius 2 is 1.07 bits per heavy atom. The smallest absolute Gasteiger partial charge is 0.145 e. The van der Waals surface area contributed by atoms with E-state index >= 15 is 0 Å². The Kier molecular flexibility index (Phi) is 3.81. The lowest BCUT2D eigenvalue weighted by Crippen LogP contribution is -2.14. The molecular weight excluding hydrogens is 534 g/mol. The molecule has 0 saturated heterocycles. The minimum absolute atomic E-state index is 0.0536. The molecule has 0 amide bonds. The van der Waals surface area contributed by atoms with Crippen LogP contribution in [0.1, 0.15) is 49.9 Å². The van der Waals surface area contributed by atoms with Gasteiger partial charge in [-0.2, -0.15) is 0 Å². The molecule has 6 aromatic carbocycles. The van der Waals surface area contributed by atoms with E-state index < -0.39 is 0 Å². The molecule has 0 unspecified atom stereocenters. The van der Waals surface area contributed by atoms with E-state index in [-0.39, 0.29) is 10.8 Å². The zero-order chi connectivity index (χ0) is 29.3. The van der Waals surface area contributed by atoms with Crippen LogP contribution in [0.2, 0.25) is 0 Å². The quantitative estimate of drug-likeness (QED) is 0.179. The molecule has 2 heteroatoms. The fourth-order valence-corrected chi connectivity index (χ4v) is 9.34. The Morgan fingerprint density at radius 1 is 0.500 bits per heavy atom. The van der Waals surface area contributed by atoms with Crippen LogP contribution in [0.25, 0.3) is 82.3 Å². The summed E-state index contributed by atoms with van der Waals surface area (Å²) < 4.78 is 9.38. The van der Waals surface area contributed by atoms with Gasteiger partial charge in [-0.3, -0.25) is 0 Å². The first kappa shape index (κ1) is 23.4. The molecule has 2 aliphatic carbocycles. The summed E-state index contributed by atoms with van der Waals surface area (Å²) in [7, 11) is 0. The molecule has 0 spiro atoms. The molecule has 0 N–H and O–H groups in total. The first-order chi connectivity index (χ1) is 21.4. The third kappa shape index (κ3) is 2.37. The molecular formula is C42H29NO. The second kappa shape index (κ2) is 7.17. The van der Waals surface area contributed by atoms with E-state index in [1.165, 1.54) is 93.4 Å². The van der Waals surface area contributed by atoms with Crippen LogP contribution < -0.4 is 0 Å². The topological polar surface area (TPSA) is 17.6 Å². The summed E-state index contributed by atoms with van der Waals surface area (Å²) in [5, 5.41) is 7.60. The number of hydrogen-bond donors (Lipinski definition) is 0. The summed E-state index contributed by atoms with van der Waals surface area (Å²) in [5.41, 5.74) is 16.7. The van der Waals surface area contributed by atoms with Crippen molar-refractivity contribution in [2.75, 3.05) is 0 Å². The van der Waals surface area contributed by atoms with E-state index in [1.54, 1.807) is 0 Å². The van der Waals surface area contributed by atoms with Crippen molar-refractivity contribution in [2.24, 2.45) is 0 Å². The van der Waals surface area contributed by atoms with Crippen LogP contribution in [0.3, 0.4) is 0 Å². The maximum atomic E-state index is 6.84. The maximum Gasteiger partial charge on any atom is 0.145 e. The van der Waals surface area contributed by atoms with E-state index in [2.05, 4.69) is 135 Å². The lowest BCUT2D eigenvalue weighted by atomic mass is 9.82. The predicted octanol–water partition coefficient (Wildman–Crippen LogP) is 11.3. The van der Waals surface area contributed by atoms with Crippen molar-refractivity contribution < 1.29 is 4.42 Å². The van der Waals surface area contributed by atoms with Crippen molar-refractivity contribution in [2.45, 2.75) is 38.5 Å². The van der Waals surface area contributed by atoms with Gasteiger partial charge in [0.2, 0.25) is 0 Å². The fraction of sp³-hybridized carbons (Fsp3) is 0.143. The molecule has 3 aromatic heterocycles. The summed E-state index contributed by atoms with van der Waals surface area (Å²) in [6.45, 7) is 9.49. The highest BCUT2D eigenvalue weighted by atomic mass is 16.3. The van der Waals surface area contributed by atoms with E-state index in [0.29, 0.717) is 0 Å². The Hall–Kier alpha value is -5.08. The van der Waals surface area contributed by atoms with Gasteiger partial charge in [-0.1, -0.05) is 107 Å². The molecule has 0 atom stereocenters. The predicted molar refractivity (Wildman–Crippen MR) is 184 cm³/mol. The summed E-state index contributed by atoms with van der Waals surface area (Å²) in [6, 6.07) is 38.5. The molecule has 0 aliphatic heterocycles. The van der Waals surface area contributed by atoms with Crippen molar-refractivity contribution in [1.29, 1.82) is 0 Å². The van der Waals surface area contributed by atoms with Crippen molar-refractivity contribution >= 4 is 60.0 Å². The Bertz CT molecular complexity index is 2760. The van der Waals surface area contributed by atoms with E-state index in [1.807, 2.05) is 0 Å². The zero-order valence-corrected chi connectivity index (χ0v) is 25.2. The number of aromatic nitrogens is 1. The number of furan rings is 1. The normalized spacial score (nSPS) is 16.1. The standard InChI is InChI=1S/C42H29NO/c1-41(2)27-14-8-5-12-23(27)34-29(41)17-19-31-36(34)26-21-25-22-11-7-10-16-33(22)44-40(25)38-37-32(43(31)39(26)38)20-18-30-35(37)24-13-6-9-15-28(24)42(30,3)4/h5-21H,1-4H3. The average molecular weight is 564 g/mol. The van der Waals surface area contributed by atoms with E-state index in [4.69, 9.17) is 4.42 Å². The largest absolute Gasteiger partial charge is 0.455 e. The van der Waals surface area contributed by atoms with Crippen molar-refractivity contribution in [3.63, 3.8) is 0 Å². The van der Waals surface area contributed by atoms with Crippen LogP contribution in [0.15, 0.2) is 108 Å². The molecule has 0 bridgehead atoms. The third-order valence-electron chi connectivity index (χ3n) is 11.3. The molecule has 208 valence electrons. The van der Waals surface area contributed by atoms with Crippen LogP contribution in [-0.2, 0) is 10.8 Å². The van der Waals surface area contributed by atoms with Gasteiger partial charge in [0, 0.05) is 37.8 Å². The van der Waals surface area contributed by atoms with E-state index in [0.717, 1.165) is 11.2 Å². The number of fused-ring (bicyclic) bond motifs is 18. The monoisotopic (exact) mass is 563 g/mol. The fourth-order valence-electron chi connectivity index (χ4n) is 9.34. The Morgan fingerprint density at radius 3 is 1.75 bits per heavy atom. The van der Waals surface area contributed by atoms with Gasteiger partial charge in [0.25, 0.3) is 0 Å². The molecule has 44 heavy (non-hydrogen) atoms. The van der Waals surface area contributed by atoms with Gasteiger partial charge >= 0.3 is 0 Å². The lowest BCUT2D eigenvalue weighted by Gasteiger charge is -2.21. The van der Waals surface area contributed by atoms with Crippen LogP contribution >= 0.6 is 0 Å². The molecule has 0 fully saturated rings. The summed E-state index contributed by atoms with van der Waals surface area (Å²) >= 11 is 0. The highest BCUT2D eigenvalue weighted by molar-refractivity contribution is 6.36. The number of para-hydroxylation sites is 1. The van der Waals surface area contributed by atoms with Crippen LogP contribution in [0.5, 0.6) is 0 Å². The number of hydrogen-bond acceptors (Lipinski definition) is 1. The Balaban J connectivity index is 1.46. The number of rotatable bonds is 0. The first-order valence-corrected chi connectivity index (χ1v) is 15.7. The number of nitrogens with zero attached hydrogens (tertiary/aromatic N) is 1. The van der Waals surface area contributed by atoms with Gasteiger partial charge in [-0.15, -0.1) is 0 Å². The number of benzene rings is 6. The summed E-state index contributed by atoms with van der Waals surface area (Å²) in [4.78, 5) is 0. The van der Waals surface area contributed by atoms with Crippen LogP contribution in [0, 0.1) is 0 Å². The highest BCUT2D eigenvalue weighted by Crippen LogP contribution is 2.58. The maximum absolute atomic E-state index is 6.84. The molecule has 2 nitrogen and oxygen atoms in total. The van der Waals surface area contributed by atoms with Gasteiger partial charge < -0.3 is 8.82 Å². The van der Waals surface area contributed by atoms with Crippen molar-refractivity contribution in [3.8, 4) is 22.3 Å². The molecule has 11 rings (SSSR count). The minimum Gasteiger partial charge on any atom is -0.455 e. The van der Waals surface area contributed by atoms with E-state index in [9.17, 15) is 0 Å². The highest BCUT2D eigenvalue weighted by Gasteiger charge is 2.40. The third-order valence-corrected chi connectivity index (χ3v) is 11.3. The summed E-state index contributed by atoms with van der Waals surface area (Å²) in [5.74, 6) is 0. The second-order valence-electron chi connectivity index (χ2n) is 14.1. The molecule has 3 heterocycles. The molecule has 9 aromatic rings. The van der Waals surface area contributed by atoms with Crippen LogP contribution in [0.4, 0.5) is 0 Å². The van der Waals surface area contributed by atoms with Gasteiger partial charge in [0.1, 0.15) is 11.2 Å². The molecule has 0 radical (unpaired) electrons. The molecule has 0 saturated carbocycles. The van der Waals surface area contributed by atoms with Gasteiger partial charge in [-0.25, -0.2) is 0 Å². The van der Waals surface area contributed by atoms with Crippen LogP contribution in [-0.4, -0.2) is 4.40 Å². The van der Waals surface area contributed by atoms with Gasteiger partial charge in [0.05, 0.1) is 21.9 Å². The lowest BCUT2D eigenvalue weighted by molar-refractivity contribution is 0.661. The van der Waals surface area contributed by atoms with Crippen molar-refractivity contribution in [3.05, 3.63) is 125 Å².